The predicted octanol–water partition coefficient (Wildman–Crippen LogP) is 6.34. The largest absolute Gasteiger partial charge is 0.454 e. The van der Waals surface area contributed by atoms with E-state index >= 15 is 0 Å². The van der Waals surface area contributed by atoms with E-state index in [2.05, 4.69) is 29.6 Å². The zero-order valence-corrected chi connectivity index (χ0v) is 19.6. The molecule has 1 amide bonds. The second-order valence-electron chi connectivity index (χ2n) is 8.77. The third-order valence-corrected chi connectivity index (χ3v) is 6.42. The van der Waals surface area contributed by atoms with Crippen LogP contribution in [0, 0.1) is 0 Å². The molecule has 4 aromatic carbocycles. The Hall–Kier alpha value is -4.64. The van der Waals surface area contributed by atoms with Gasteiger partial charge in [-0.05, 0) is 47.9 Å². The van der Waals surface area contributed by atoms with Crippen molar-refractivity contribution in [3.05, 3.63) is 126 Å². The minimum atomic E-state index is -0.179. The van der Waals surface area contributed by atoms with Crippen molar-refractivity contribution in [3.8, 4) is 22.8 Å². The first-order chi connectivity index (χ1) is 17.7. The number of fused-ring (bicyclic) bond motifs is 2. The molecule has 0 unspecified atom stereocenters. The maximum atomic E-state index is 13.8. The summed E-state index contributed by atoms with van der Waals surface area (Å²) in [5, 5.41) is 4.11. The predicted molar refractivity (Wildman–Crippen MR) is 140 cm³/mol. The van der Waals surface area contributed by atoms with Crippen molar-refractivity contribution < 1.29 is 14.3 Å². The monoisotopic (exact) mass is 472 g/mol. The van der Waals surface area contributed by atoms with Gasteiger partial charge in [0.05, 0.1) is 22.8 Å². The summed E-state index contributed by atoms with van der Waals surface area (Å²) < 4.78 is 11.0. The molecule has 0 radical (unpaired) electrons. The normalized spacial score (nSPS) is 12.9. The second-order valence-corrected chi connectivity index (χ2v) is 8.77. The summed E-state index contributed by atoms with van der Waals surface area (Å²) in [6, 6.07) is 35.4. The van der Waals surface area contributed by atoms with Crippen molar-refractivity contribution in [3.63, 3.8) is 0 Å². The summed E-state index contributed by atoms with van der Waals surface area (Å²) in [5.41, 5.74) is 5.13. The molecule has 1 aromatic heterocycles. The number of ether oxygens (including phenoxy) is 2. The van der Waals surface area contributed by atoms with Crippen molar-refractivity contribution in [2.45, 2.75) is 12.5 Å². The van der Waals surface area contributed by atoms with Crippen LogP contribution in [0.1, 0.15) is 27.5 Å². The lowest BCUT2D eigenvalue weighted by atomic mass is 9.97. The van der Waals surface area contributed by atoms with Gasteiger partial charge in [-0.1, -0.05) is 78.9 Å². The van der Waals surface area contributed by atoms with E-state index in [1.54, 1.807) is 0 Å². The minimum Gasteiger partial charge on any atom is -0.454 e. The number of amides is 1. The summed E-state index contributed by atoms with van der Waals surface area (Å²) in [5.74, 6) is 1.25. The topological polar surface area (TPSA) is 60.5 Å². The van der Waals surface area contributed by atoms with Gasteiger partial charge in [0.1, 0.15) is 0 Å². The van der Waals surface area contributed by atoms with Gasteiger partial charge in [0.25, 0.3) is 5.91 Å². The number of carbonyl (C=O) groups is 1. The first-order valence-corrected chi connectivity index (χ1v) is 11.9. The molecule has 1 N–H and O–H groups in total. The number of benzene rings is 4. The van der Waals surface area contributed by atoms with E-state index in [-0.39, 0.29) is 18.7 Å². The van der Waals surface area contributed by atoms with E-state index in [4.69, 9.17) is 14.5 Å². The Kier molecular flexibility index (Phi) is 5.80. The fraction of sp³-hybridized carbons (Fsp3) is 0.0968. The van der Waals surface area contributed by atoms with E-state index in [1.807, 2.05) is 84.9 Å². The Morgan fingerprint density at radius 1 is 0.806 bits per heavy atom. The van der Waals surface area contributed by atoms with E-state index < -0.39 is 0 Å². The summed E-state index contributed by atoms with van der Waals surface area (Å²) in [7, 11) is 0. The van der Waals surface area contributed by atoms with Crippen LogP contribution >= 0.6 is 0 Å². The van der Waals surface area contributed by atoms with Gasteiger partial charge in [-0.15, -0.1) is 0 Å². The molecule has 5 heteroatoms. The van der Waals surface area contributed by atoms with Crippen LogP contribution in [0.15, 0.2) is 109 Å². The number of carbonyl (C=O) groups excluding carboxylic acids is 1. The molecule has 2 heterocycles. The molecule has 0 bridgehead atoms. The Bertz CT molecular complexity index is 1530. The number of rotatable bonds is 6. The van der Waals surface area contributed by atoms with Crippen molar-refractivity contribution in [2.24, 2.45) is 0 Å². The molecule has 36 heavy (non-hydrogen) atoms. The highest BCUT2D eigenvalue weighted by molar-refractivity contribution is 6.07. The van der Waals surface area contributed by atoms with Crippen molar-refractivity contribution in [2.75, 3.05) is 6.79 Å². The maximum absolute atomic E-state index is 13.8. The molecule has 6 rings (SSSR count). The molecular weight excluding hydrogens is 448 g/mol. The number of hydrogen-bond acceptors (Lipinski definition) is 4. The molecule has 1 aliphatic heterocycles. The van der Waals surface area contributed by atoms with Crippen LogP contribution < -0.4 is 14.8 Å². The van der Waals surface area contributed by atoms with Gasteiger partial charge in [0.2, 0.25) is 6.79 Å². The lowest BCUT2D eigenvalue weighted by Gasteiger charge is -2.20. The van der Waals surface area contributed by atoms with Crippen LogP contribution in [-0.4, -0.2) is 17.7 Å². The first kappa shape index (κ1) is 21.9. The molecule has 0 spiro atoms. The molecule has 0 saturated heterocycles. The standard InChI is InChI=1S/C31H24N2O3/c34-31(33-27(22-11-5-2-6-12-22)17-21-9-3-1-4-10-21)25-19-28(32-26-14-8-7-13-24(25)26)23-15-16-29-30(18-23)36-20-35-29/h1-16,18-19,27H,17,20H2,(H,33,34)/t27-/m0/s1. The molecule has 5 aromatic rings. The highest BCUT2D eigenvalue weighted by Crippen LogP contribution is 2.36. The van der Waals surface area contributed by atoms with E-state index in [0.717, 1.165) is 27.6 Å². The summed E-state index contributed by atoms with van der Waals surface area (Å²) >= 11 is 0. The third-order valence-electron chi connectivity index (χ3n) is 6.42. The third kappa shape index (κ3) is 4.39. The summed E-state index contributed by atoms with van der Waals surface area (Å²) in [6.45, 7) is 0.208. The van der Waals surface area contributed by atoms with E-state index in [1.165, 1.54) is 0 Å². The fourth-order valence-corrected chi connectivity index (χ4v) is 4.59. The number of pyridine rings is 1. The number of aromatic nitrogens is 1. The lowest BCUT2D eigenvalue weighted by molar-refractivity contribution is 0.0938. The molecule has 0 fully saturated rings. The minimum absolute atomic E-state index is 0.139. The van der Waals surface area contributed by atoms with Crippen LogP contribution in [0.4, 0.5) is 0 Å². The lowest BCUT2D eigenvalue weighted by Crippen LogP contribution is -2.30. The molecule has 0 aliphatic carbocycles. The number of para-hydroxylation sites is 1. The zero-order chi connectivity index (χ0) is 24.3. The van der Waals surface area contributed by atoms with Crippen LogP contribution in [0.2, 0.25) is 0 Å². The number of hydrogen-bond donors (Lipinski definition) is 1. The highest BCUT2D eigenvalue weighted by atomic mass is 16.7. The van der Waals surface area contributed by atoms with Gasteiger partial charge in [0.15, 0.2) is 11.5 Å². The zero-order valence-electron chi connectivity index (χ0n) is 19.6. The summed E-state index contributed by atoms with van der Waals surface area (Å²) in [4.78, 5) is 18.7. The molecule has 5 nitrogen and oxygen atoms in total. The molecule has 0 saturated carbocycles. The molecular formula is C31H24N2O3. The summed E-state index contributed by atoms with van der Waals surface area (Å²) in [6.07, 6.45) is 0.689. The maximum Gasteiger partial charge on any atom is 0.252 e. The van der Waals surface area contributed by atoms with Crippen molar-refractivity contribution >= 4 is 16.8 Å². The highest BCUT2D eigenvalue weighted by Gasteiger charge is 2.21. The molecule has 1 atom stereocenters. The van der Waals surface area contributed by atoms with Crippen LogP contribution in [0.3, 0.4) is 0 Å². The smallest absolute Gasteiger partial charge is 0.252 e. The van der Waals surface area contributed by atoms with Gasteiger partial charge < -0.3 is 14.8 Å². The Balaban J connectivity index is 1.39. The number of nitrogens with one attached hydrogen (secondary N) is 1. The van der Waals surface area contributed by atoms with E-state index in [9.17, 15) is 4.79 Å². The van der Waals surface area contributed by atoms with Crippen molar-refractivity contribution in [1.29, 1.82) is 0 Å². The van der Waals surface area contributed by atoms with Gasteiger partial charge >= 0.3 is 0 Å². The van der Waals surface area contributed by atoms with Crippen LogP contribution in [0.25, 0.3) is 22.2 Å². The van der Waals surface area contributed by atoms with Crippen LogP contribution in [0.5, 0.6) is 11.5 Å². The van der Waals surface area contributed by atoms with Gasteiger partial charge in [-0.2, -0.15) is 0 Å². The van der Waals surface area contributed by atoms with E-state index in [0.29, 0.717) is 29.2 Å². The Morgan fingerprint density at radius 3 is 2.36 bits per heavy atom. The van der Waals surface area contributed by atoms with Crippen molar-refractivity contribution in [1.82, 2.24) is 10.3 Å². The van der Waals surface area contributed by atoms with Gasteiger partial charge in [-0.25, -0.2) is 4.98 Å². The van der Waals surface area contributed by atoms with Crippen LogP contribution in [-0.2, 0) is 6.42 Å². The van der Waals surface area contributed by atoms with Gasteiger partial charge in [-0.3, -0.25) is 4.79 Å². The first-order valence-electron chi connectivity index (χ1n) is 11.9. The van der Waals surface area contributed by atoms with Gasteiger partial charge in [0, 0.05) is 10.9 Å². The second kappa shape index (κ2) is 9.55. The molecule has 1 aliphatic rings. The Morgan fingerprint density at radius 2 is 1.53 bits per heavy atom. The molecule has 176 valence electrons. The fourth-order valence-electron chi connectivity index (χ4n) is 4.59. The average Bonchev–Trinajstić information content (AvgIpc) is 3.41. The Labute approximate surface area is 209 Å². The quantitative estimate of drug-likeness (QED) is 0.313. The SMILES string of the molecule is O=C(N[C@@H](Cc1ccccc1)c1ccccc1)c1cc(-c2ccc3c(c2)OCO3)nc2ccccc12. The number of nitrogens with zero attached hydrogens (tertiary/aromatic N) is 1. The average molecular weight is 473 g/mol.